The van der Waals surface area contributed by atoms with Crippen LogP contribution in [0.15, 0.2) is 0 Å². The lowest BCUT2D eigenvalue weighted by Gasteiger charge is -2.35. The van der Waals surface area contributed by atoms with Crippen molar-refractivity contribution in [1.29, 1.82) is 0 Å². The van der Waals surface area contributed by atoms with Crippen molar-refractivity contribution in [3.63, 3.8) is 0 Å². The van der Waals surface area contributed by atoms with Crippen molar-refractivity contribution in [2.45, 2.75) is 247 Å². The number of hydrogen-bond acceptors (Lipinski definition) is 1. The monoisotopic (exact) mass is 621 g/mol. The van der Waals surface area contributed by atoms with Crippen LogP contribution in [0.2, 0.25) is 0 Å². The molecule has 0 aromatic carbocycles. The summed E-state index contributed by atoms with van der Waals surface area (Å²) in [5.41, 5.74) is -0.502. The van der Waals surface area contributed by atoms with E-state index in [9.17, 15) is 9.90 Å². The molecular weight excluding hydrogens is 536 g/mol. The second-order valence-corrected chi connectivity index (χ2v) is 15.0. The average Bonchev–Trinajstić information content (AvgIpc) is 3.02. The maximum Gasteiger partial charge on any atom is 0.309 e. The summed E-state index contributed by atoms with van der Waals surface area (Å²) in [4.78, 5) is 13.3. The molecule has 0 radical (unpaired) electrons. The van der Waals surface area contributed by atoms with Crippen molar-refractivity contribution >= 4 is 5.97 Å². The van der Waals surface area contributed by atoms with Crippen LogP contribution in [0.25, 0.3) is 0 Å². The molecule has 0 aliphatic rings. The molecule has 0 saturated heterocycles. The minimum absolute atomic E-state index is 0.467. The first-order valence-electron chi connectivity index (χ1n) is 20.7. The van der Waals surface area contributed by atoms with Crippen LogP contribution in [0.1, 0.15) is 247 Å². The van der Waals surface area contributed by atoms with Crippen LogP contribution < -0.4 is 0 Å². The maximum absolute atomic E-state index is 13.3. The summed E-state index contributed by atoms with van der Waals surface area (Å²) in [6.07, 6.45) is 42.0. The lowest BCUT2D eigenvalue weighted by molar-refractivity contribution is -0.151. The van der Waals surface area contributed by atoms with E-state index in [-0.39, 0.29) is 0 Å². The zero-order valence-electron chi connectivity index (χ0n) is 31.3. The number of carboxylic acids is 1. The van der Waals surface area contributed by atoms with Gasteiger partial charge in [0.05, 0.1) is 5.41 Å². The molecular formula is C42H84O2. The average molecular weight is 621 g/mol. The molecule has 0 aliphatic heterocycles. The van der Waals surface area contributed by atoms with E-state index < -0.39 is 11.4 Å². The Labute approximate surface area is 279 Å². The lowest BCUT2D eigenvalue weighted by atomic mass is 9.69. The van der Waals surface area contributed by atoms with Crippen LogP contribution >= 0.6 is 0 Å². The second kappa shape index (κ2) is 32.4. The van der Waals surface area contributed by atoms with Gasteiger partial charge in [0.2, 0.25) is 0 Å². The standard InChI is InChI=1S/C42H84O2/c1-6-11-16-19-21-23-24-26-28-31-36-42(41(43)44,35-30-27-25-22-20-17-12-7-2)38-40(33-15-10-5)37-39(32-14-9-4)34-29-18-13-8-3/h39-40H,6-38H2,1-5H3,(H,43,44). The Morgan fingerprint density at radius 2 is 0.750 bits per heavy atom. The van der Waals surface area contributed by atoms with Crippen molar-refractivity contribution < 1.29 is 9.90 Å². The van der Waals surface area contributed by atoms with Gasteiger partial charge in [-0.3, -0.25) is 4.79 Å². The van der Waals surface area contributed by atoms with E-state index in [0.717, 1.165) is 38.0 Å². The molecule has 2 heteroatoms. The first-order valence-corrected chi connectivity index (χ1v) is 20.7. The Balaban J connectivity index is 5.38. The fraction of sp³-hybridized carbons (Fsp3) is 0.976. The number of aliphatic carboxylic acids is 1. The molecule has 0 bridgehead atoms. The van der Waals surface area contributed by atoms with Gasteiger partial charge in [0, 0.05) is 0 Å². The predicted octanol–water partition coefficient (Wildman–Crippen LogP) is 15.3. The van der Waals surface area contributed by atoms with Crippen molar-refractivity contribution in [3.8, 4) is 0 Å². The van der Waals surface area contributed by atoms with Gasteiger partial charge >= 0.3 is 5.97 Å². The summed E-state index contributed by atoms with van der Waals surface area (Å²) in [6.45, 7) is 11.5. The van der Waals surface area contributed by atoms with Gasteiger partial charge in [0.15, 0.2) is 0 Å². The molecule has 0 saturated carbocycles. The first-order chi connectivity index (χ1) is 21.5. The summed E-state index contributed by atoms with van der Waals surface area (Å²) in [7, 11) is 0. The molecule has 0 spiro atoms. The Morgan fingerprint density at radius 3 is 1.14 bits per heavy atom. The van der Waals surface area contributed by atoms with Gasteiger partial charge in [-0.15, -0.1) is 0 Å². The quantitative estimate of drug-likeness (QED) is 0.0707. The van der Waals surface area contributed by atoms with E-state index in [1.54, 1.807) is 0 Å². The summed E-state index contributed by atoms with van der Waals surface area (Å²) < 4.78 is 0. The number of rotatable bonds is 36. The van der Waals surface area contributed by atoms with Crippen LogP contribution in [0.4, 0.5) is 0 Å². The molecule has 0 rings (SSSR count). The van der Waals surface area contributed by atoms with Gasteiger partial charge in [-0.1, -0.05) is 221 Å². The molecule has 44 heavy (non-hydrogen) atoms. The SMILES string of the molecule is CCCCCCCCCCCCC(CCCCCCCCCC)(CC(CCCC)CC(CCCC)CCCCCC)C(=O)O. The minimum Gasteiger partial charge on any atom is -0.481 e. The second-order valence-electron chi connectivity index (χ2n) is 15.0. The van der Waals surface area contributed by atoms with Gasteiger partial charge < -0.3 is 5.11 Å². The Morgan fingerprint density at radius 1 is 0.432 bits per heavy atom. The van der Waals surface area contributed by atoms with Crippen molar-refractivity contribution in [2.24, 2.45) is 17.3 Å². The Bertz CT molecular complexity index is 586. The van der Waals surface area contributed by atoms with Gasteiger partial charge in [-0.2, -0.15) is 0 Å². The highest BCUT2D eigenvalue weighted by Gasteiger charge is 2.39. The molecule has 0 fully saturated rings. The molecule has 2 nitrogen and oxygen atoms in total. The van der Waals surface area contributed by atoms with Crippen LogP contribution in [-0.4, -0.2) is 11.1 Å². The zero-order valence-corrected chi connectivity index (χ0v) is 31.3. The third kappa shape index (κ3) is 24.7. The lowest BCUT2D eigenvalue weighted by Crippen LogP contribution is -2.34. The van der Waals surface area contributed by atoms with Crippen LogP contribution in [-0.2, 0) is 4.79 Å². The van der Waals surface area contributed by atoms with E-state index in [1.807, 2.05) is 0 Å². The third-order valence-corrected chi connectivity index (χ3v) is 10.7. The molecule has 3 atom stereocenters. The number of unbranched alkanes of at least 4 members (excludes halogenated alkanes) is 21. The topological polar surface area (TPSA) is 37.3 Å². The molecule has 0 aromatic heterocycles. The van der Waals surface area contributed by atoms with Crippen molar-refractivity contribution in [2.75, 3.05) is 0 Å². The van der Waals surface area contributed by atoms with Gasteiger partial charge in [-0.25, -0.2) is 0 Å². The fourth-order valence-electron chi connectivity index (χ4n) is 7.73. The molecule has 0 aromatic rings. The maximum atomic E-state index is 13.3. The summed E-state index contributed by atoms with van der Waals surface area (Å²) in [6, 6.07) is 0. The predicted molar refractivity (Wildman–Crippen MR) is 198 cm³/mol. The summed E-state index contributed by atoms with van der Waals surface area (Å²) >= 11 is 0. The molecule has 0 amide bonds. The highest BCUT2D eigenvalue weighted by Crippen LogP contribution is 2.42. The van der Waals surface area contributed by atoms with Gasteiger partial charge in [-0.05, 0) is 37.5 Å². The first kappa shape index (κ1) is 43.5. The smallest absolute Gasteiger partial charge is 0.309 e. The van der Waals surface area contributed by atoms with Crippen LogP contribution in [0.5, 0.6) is 0 Å². The number of carbonyl (C=O) groups is 1. The highest BCUT2D eigenvalue weighted by atomic mass is 16.4. The minimum atomic E-state index is -0.502. The largest absolute Gasteiger partial charge is 0.481 e. The van der Waals surface area contributed by atoms with Gasteiger partial charge in [0.25, 0.3) is 0 Å². The van der Waals surface area contributed by atoms with Crippen molar-refractivity contribution in [3.05, 3.63) is 0 Å². The van der Waals surface area contributed by atoms with Crippen LogP contribution in [0.3, 0.4) is 0 Å². The van der Waals surface area contributed by atoms with E-state index in [2.05, 4.69) is 34.6 Å². The van der Waals surface area contributed by atoms with E-state index in [4.69, 9.17) is 0 Å². The Kier molecular flexibility index (Phi) is 32.0. The molecule has 0 heterocycles. The summed E-state index contributed by atoms with van der Waals surface area (Å²) in [5, 5.41) is 10.9. The normalized spacial score (nSPS) is 14.5. The van der Waals surface area contributed by atoms with E-state index >= 15 is 0 Å². The molecule has 264 valence electrons. The van der Waals surface area contributed by atoms with E-state index in [0.29, 0.717) is 5.92 Å². The molecule has 3 unspecified atom stereocenters. The van der Waals surface area contributed by atoms with Crippen LogP contribution in [0, 0.1) is 17.3 Å². The number of carboxylic acid groups (broad SMARTS) is 1. The third-order valence-electron chi connectivity index (χ3n) is 10.7. The Hall–Kier alpha value is -0.530. The zero-order chi connectivity index (χ0) is 32.6. The van der Waals surface area contributed by atoms with E-state index in [1.165, 1.54) is 180 Å². The highest BCUT2D eigenvalue weighted by molar-refractivity contribution is 5.74. The van der Waals surface area contributed by atoms with Crippen molar-refractivity contribution in [1.82, 2.24) is 0 Å². The molecule has 1 N–H and O–H groups in total. The summed E-state index contributed by atoms with van der Waals surface area (Å²) in [5.74, 6) is 0.905. The molecule has 0 aliphatic carbocycles. The number of hydrogen-bond donors (Lipinski definition) is 1. The fourth-order valence-corrected chi connectivity index (χ4v) is 7.73. The van der Waals surface area contributed by atoms with Gasteiger partial charge in [0.1, 0.15) is 0 Å².